The Hall–Kier alpha value is -8.22. The van der Waals surface area contributed by atoms with Crippen LogP contribution in [0, 0.1) is 0 Å². The molecule has 62 heavy (non-hydrogen) atoms. The molecule has 0 spiro atoms. The summed E-state index contributed by atoms with van der Waals surface area (Å²) in [7, 11) is 0. The topological polar surface area (TPSA) is 43.8 Å². The third-order valence-electron chi connectivity index (χ3n) is 12.9. The summed E-state index contributed by atoms with van der Waals surface area (Å²) in [5.74, 6) is 1.88. The van der Waals surface area contributed by atoms with Gasteiger partial charge >= 0.3 is 0 Å². The summed E-state index contributed by atoms with van der Waals surface area (Å²) in [6.45, 7) is 0. The number of hydrogen-bond donors (Lipinski definition) is 0. The van der Waals surface area contributed by atoms with Gasteiger partial charge in [-0.25, -0.2) is 0 Å². The lowest BCUT2D eigenvalue weighted by molar-refractivity contribution is 0.744. The molecule has 0 bridgehead atoms. The van der Waals surface area contributed by atoms with Crippen molar-refractivity contribution in [3.8, 4) is 39.8 Å². The van der Waals surface area contributed by atoms with Crippen LogP contribution in [0.1, 0.15) is 11.5 Å². The molecule has 0 amide bonds. The van der Waals surface area contributed by atoms with E-state index in [1.165, 1.54) is 54.9 Å². The Labute approximate surface area is 358 Å². The number of rotatable bonds is 6. The average molecular weight is 795 g/mol. The Morgan fingerprint density at radius 1 is 0.339 bits per heavy atom. The number of anilines is 2. The van der Waals surface area contributed by atoms with Crippen LogP contribution in [0.2, 0.25) is 0 Å². The molecule has 4 heterocycles. The first-order chi connectivity index (χ1) is 30.8. The fraction of sp³-hybridized carbons (Fsp3) is 0.0357. The van der Waals surface area contributed by atoms with Crippen LogP contribution >= 0.6 is 0 Å². The van der Waals surface area contributed by atoms with Gasteiger partial charge in [0.25, 0.3) is 0 Å². The molecule has 0 saturated carbocycles. The Kier molecular flexibility index (Phi) is 7.63. The van der Waals surface area contributed by atoms with Gasteiger partial charge in [-0.2, -0.15) is 0 Å². The second-order valence-corrected chi connectivity index (χ2v) is 16.2. The molecule has 6 nitrogen and oxygen atoms in total. The first kappa shape index (κ1) is 34.6. The molecule has 6 heteroatoms. The van der Waals surface area contributed by atoms with E-state index in [2.05, 4.69) is 237 Å². The molecule has 2 aliphatic rings. The predicted octanol–water partition coefficient (Wildman–Crippen LogP) is 13.5. The summed E-state index contributed by atoms with van der Waals surface area (Å²) >= 11 is 0. The number of allylic oxidation sites excluding steroid dienone is 2. The molecule has 1 aliphatic carbocycles. The van der Waals surface area contributed by atoms with E-state index in [4.69, 9.17) is 10.2 Å². The molecule has 11 aromatic rings. The third kappa shape index (κ3) is 5.17. The highest BCUT2D eigenvalue weighted by Gasteiger charge is 2.37. The van der Waals surface area contributed by atoms with Gasteiger partial charge in [0.15, 0.2) is 11.6 Å². The zero-order valence-corrected chi connectivity index (χ0v) is 33.6. The van der Waals surface area contributed by atoms with Crippen molar-refractivity contribution < 1.29 is 0 Å². The molecule has 2 atom stereocenters. The minimum atomic E-state index is 0.227. The van der Waals surface area contributed by atoms with Gasteiger partial charge in [-0.05, 0) is 109 Å². The Morgan fingerprint density at radius 2 is 0.726 bits per heavy atom. The standard InChI is InChI=1S/C56H38N6/c1-7-19-49-43(13-1)44-14-2-8-20-50(44)59(49)39-29-25-37(26-30-39)55-57-58-56(38-27-31-40(32-28-38)60-51-21-9-3-15-45(51)46-16-4-10-22-52(46)60)62(55)42-35-33-41(34-36-42)61-53-23-11-5-17-47(53)48-18-6-12-24-54(48)61/h1-36,47,53H. The maximum Gasteiger partial charge on any atom is 0.168 e. The number of benzene rings is 8. The number of hydrogen-bond acceptors (Lipinski definition) is 3. The highest BCUT2D eigenvalue weighted by molar-refractivity contribution is 6.10. The monoisotopic (exact) mass is 794 g/mol. The highest BCUT2D eigenvalue weighted by atomic mass is 15.3. The quantitative estimate of drug-likeness (QED) is 0.168. The molecule has 0 N–H and O–H groups in total. The molecule has 292 valence electrons. The fourth-order valence-corrected chi connectivity index (χ4v) is 10.2. The minimum absolute atomic E-state index is 0.227. The van der Waals surface area contributed by atoms with E-state index in [-0.39, 0.29) is 6.04 Å². The molecular weight excluding hydrogens is 757 g/mol. The molecule has 2 unspecified atom stereocenters. The van der Waals surface area contributed by atoms with E-state index in [1.807, 2.05) is 0 Å². The van der Waals surface area contributed by atoms with Gasteiger partial charge in [-0.15, -0.1) is 10.2 Å². The summed E-state index contributed by atoms with van der Waals surface area (Å²) < 4.78 is 6.90. The summed E-state index contributed by atoms with van der Waals surface area (Å²) in [6.07, 6.45) is 8.99. The van der Waals surface area contributed by atoms with Gasteiger partial charge in [-0.1, -0.05) is 115 Å². The van der Waals surface area contributed by atoms with Crippen molar-refractivity contribution in [2.75, 3.05) is 4.90 Å². The van der Waals surface area contributed by atoms with Gasteiger partial charge < -0.3 is 14.0 Å². The highest BCUT2D eigenvalue weighted by Crippen LogP contribution is 2.48. The summed E-state index contributed by atoms with van der Waals surface area (Å²) in [5.41, 5.74) is 13.6. The van der Waals surface area contributed by atoms with Crippen LogP contribution in [0.3, 0.4) is 0 Å². The normalized spacial score (nSPS) is 15.6. The van der Waals surface area contributed by atoms with E-state index in [0.29, 0.717) is 5.92 Å². The van der Waals surface area contributed by atoms with Crippen molar-refractivity contribution in [2.24, 2.45) is 0 Å². The summed E-state index contributed by atoms with van der Waals surface area (Å²) in [4.78, 5) is 2.47. The van der Waals surface area contributed by atoms with E-state index < -0.39 is 0 Å². The minimum Gasteiger partial charge on any atom is -0.333 e. The van der Waals surface area contributed by atoms with E-state index in [9.17, 15) is 0 Å². The van der Waals surface area contributed by atoms with E-state index in [0.717, 1.165) is 45.5 Å². The SMILES string of the molecule is C1=CC2c3ccccc3N(c3ccc(-n4c(-c5ccc(-n6c7ccccc7c7ccccc76)cc5)nnc4-c4ccc(-n5c6ccccc6c6ccccc65)cc4)cc3)C2C=C1. The van der Waals surface area contributed by atoms with Crippen molar-refractivity contribution in [2.45, 2.75) is 12.0 Å². The molecule has 0 fully saturated rings. The van der Waals surface area contributed by atoms with Crippen molar-refractivity contribution in [1.82, 2.24) is 23.9 Å². The van der Waals surface area contributed by atoms with Crippen LogP contribution in [-0.2, 0) is 0 Å². The molecule has 3 aromatic heterocycles. The second kappa shape index (κ2) is 13.7. The van der Waals surface area contributed by atoms with Gasteiger partial charge in [0.2, 0.25) is 0 Å². The lowest BCUT2D eigenvalue weighted by Gasteiger charge is -2.29. The first-order valence-corrected chi connectivity index (χ1v) is 21.3. The number of nitrogens with zero attached hydrogens (tertiary/aromatic N) is 6. The molecule has 0 radical (unpaired) electrons. The van der Waals surface area contributed by atoms with Crippen LogP contribution in [0.15, 0.2) is 218 Å². The van der Waals surface area contributed by atoms with Crippen LogP contribution < -0.4 is 4.90 Å². The number of fused-ring (bicyclic) bond motifs is 9. The maximum absolute atomic E-state index is 4.94. The van der Waals surface area contributed by atoms with Gasteiger partial charge in [-0.3, -0.25) is 4.57 Å². The van der Waals surface area contributed by atoms with Crippen molar-refractivity contribution in [1.29, 1.82) is 0 Å². The molecule has 0 saturated heterocycles. The van der Waals surface area contributed by atoms with Crippen LogP contribution in [0.5, 0.6) is 0 Å². The Bertz CT molecular complexity index is 3300. The molecule has 1 aliphatic heterocycles. The lowest BCUT2D eigenvalue weighted by Crippen LogP contribution is -2.28. The Morgan fingerprint density at radius 3 is 1.23 bits per heavy atom. The predicted molar refractivity (Wildman–Crippen MR) is 254 cm³/mol. The zero-order chi connectivity index (χ0) is 40.7. The average Bonchev–Trinajstić information content (AvgIpc) is 4.11. The number of para-hydroxylation sites is 5. The maximum atomic E-state index is 4.94. The summed E-state index contributed by atoms with van der Waals surface area (Å²) in [5, 5.41) is 14.9. The van der Waals surface area contributed by atoms with E-state index in [1.54, 1.807) is 0 Å². The lowest BCUT2D eigenvalue weighted by atomic mass is 9.91. The van der Waals surface area contributed by atoms with Gasteiger partial charge in [0.1, 0.15) is 0 Å². The van der Waals surface area contributed by atoms with Crippen molar-refractivity contribution >= 4 is 55.0 Å². The van der Waals surface area contributed by atoms with E-state index >= 15 is 0 Å². The Balaban J connectivity index is 0.932. The van der Waals surface area contributed by atoms with Crippen molar-refractivity contribution in [3.05, 3.63) is 224 Å². The zero-order valence-electron chi connectivity index (χ0n) is 33.6. The fourth-order valence-electron chi connectivity index (χ4n) is 10.2. The van der Waals surface area contributed by atoms with Crippen LogP contribution in [0.4, 0.5) is 11.4 Å². The van der Waals surface area contributed by atoms with Gasteiger partial charge in [0, 0.05) is 67.0 Å². The van der Waals surface area contributed by atoms with Crippen molar-refractivity contribution in [3.63, 3.8) is 0 Å². The largest absolute Gasteiger partial charge is 0.333 e. The smallest absolute Gasteiger partial charge is 0.168 e. The van der Waals surface area contributed by atoms with Gasteiger partial charge in [0.05, 0.1) is 28.1 Å². The molecule has 13 rings (SSSR count). The molecule has 8 aromatic carbocycles. The van der Waals surface area contributed by atoms with Crippen LogP contribution in [0.25, 0.3) is 83.4 Å². The first-order valence-electron chi connectivity index (χ1n) is 21.3. The number of aromatic nitrogens is 5. The van der Waals surface area contributed by atoms with Crippen LogP contribution in [-0.4, -0.2) is 29.9 Å². The molecular formula is C56H38N6. The second-order valence-electron chi connectivity index (χ2n) is 16.2. The summed E-state index contributed by atoms with van der Waals surface area (Å²) in [6, 6.07) is 69.9. The third-order valence-corrected chi connectivity index (χ3v) is 12.9.